The highest BCUT2D eigenvalue weighted by Gasteiger charge is 2.42. The molecule has 1 aliphatic carbocycles. The number of hydrogen-bond acceptors (Lipinski definition) is 5. The Morgan fingerprint density at radius 1 is 1.17 bits per heavy atom. The molecule has 1 aromatic rings. The summed E-state index contributed by atoms with van der Waals surface area (Å²) in [6.45, 7) is 7.77. The van der Waals surface area contributed by atoms with Crippen molar-refractivity contribution in [2.75, 3.05) is 26.3 Å². The van der Waals surface area contributed by atoms with Crippen LogP contribution in [0.15, 0.2) is 34.2 Å². The number of fused-ring (bicyclic) bond motifs is 2. The predicted molar refractivity (Wildman–Crippen MR) is 97.8 cm³/mol. The second-order valence-electron chi connectivity index (χ2n) is 7.22. The van der Waals surface area contributed by atoms with Gasteiger partial charge in [0, 0.05) is 28.8 Å². The zero-order valence-corrected chi connectivity index (χ0v) is 15.2. The Bertz CT molecular complexity index is 630. The fraction of sp³-hybridized carbons (Fsp3) is 0.632. The molecular weight excluding hydrogens is 320 g/mol. The van der Waals surface area contributed by atoms with E-state index in [1.807, 2.05) is 11.8 Å². The fourth-order valence-corrected chi connectivity index (χ4v) is 5.58. The second-order valence-corrected chi connectivity index (χ2v) is 8.50. The zero-order chi connectivity index (χ0) is 16.7. The summed E-state index contributed by atoms with van der Waals surface area (Å²) in [6.07, 6.45) is 0.607. The van der Waals surface area contributed by atoms with Gasteiger partial charge in [-0.3, -0.25) is 4.99 Å². The van der Waals surface area contributed by atoms with Crippen LogP contribution in [0.1, 0.15) is 25.8 Å². The summed E-state index contributed by atoms with van der Waals surface area (Å²) in [7, 11) is 0. The number of rotatable bonds is 0. The van der Waals surface area contributed by atoms with Crippen molar-refractivity contribution in [3.63, 3.8) is 0 Å². The minimum Gasteiger partial charge on any atom is -0.393 e. The normalized spacial score (nSPS) is 36.4. The van der Waals surface area contributed by atoms with Gasteiger partial charge < -0.3 is 14.7 Å². The molecule has 5 atom stereocenters. The molecule has 130 valence electrons. The van der Waals surface area contributed by atoms with E-state index >= 15 is 0 Å². The standard InChI is InChI=1S/C19H26N2O2S/c1-12-13(2)18-17(11-15(12)22)24-16-6-4-3-5-14(16)19(20-18)21-7-9-23-10-8-21/h3-6,12-13,15,17-18,22H,7-11H2,1-2H3. The van der Waals surface area contributed by atoms with Gasteiger partial charge >= 0.3 is 0 Å². The van der Waals surface area contributed by atoms with Crippen molar-refractivity contribution in [3.8, 4) is 0 Å². The number of nitrogens with zero attached hydrogens (tertiary/aromatic N) is 2. The molecule has 1 saturated heterocycles. The minimum atomic E-state index is -0.221. The van der Waals surface area contributed by atoms with Crippen LogP contribution in [0.3, 0.4) is 0 Å². The molecule has 3 aliphatic rings. The minimum absolute atomic E-state index is 0.221. The Morgan fingerprint density at radius 2 is 1.92 bits per heavy atom. The summed E-state index contributed by atoms with van der Waals surface area (Å²) in [5, 5.41) is 10.8. The van der Waals surface area contributed by atoms with Gasteiger partial charge in [0.1, 0.15) is 5.84 Å². The summed E-state index contributed by atoms with van der Waals surface area (Å²) < 4.78 is 5.53. The van der Waals surface area contributed by atoms with E-state index in [4.69, 9.17) is 9.73 Å². The number of aliphatic hydroxyl groups is 1. The average molecular weight is 346 g/mol. The van der Waals surface area contributed by atoms with Crippen molar-refractivity contribution >= 4 is 17.6 Å². The highest BCUT2D eigenvalue weighted by Crippen LogP contribution is 2.44. The highest BCUT2D eigenvalue weighted by molar-refractivity contribution is 8.00. The van der Waals surface area contributed by atoms with Crippen LogP contribution in [0.2, 0.25) is 0 Å². The maximum absolute atomic E-state index is 10.5. The van der Waals surface area contributed by atoms with Crippen LogP contribution in [0.5, 0.6) is 0 Å². The van der Waals surface area contributed by atoms with Crippen LogP contribution in [0, 0.1) is 11.8 Å². The quantitative estimate of drug-likeness (QED) is 0.784. The van der Waals surface area contributed by atoms with E-state index < -0.39 is 0 Å². The van der Waals surface area contributed by atoms with Crippen molar-refractivity contribution in [1.29, 1.82) is 0 Å². The van der Waals surface area contributed by atoms with Gasteiger partial charge in [-0.15, -0.1) is 11.8 Å². The smallest absolute Gasteiger partial charge is 0.132 e. The van der Waals surface area contributed by atoms with E-state index in [-0.39, 0.29) is 12.1 Å². The number of aliphatic imine (C=N–C) groups is 1. The molecule has 1 aromatic carbocycles. The number of amidine groups is 1. The second kappa shape index (κ2) is 6.70. The summed E-state index contributed by atoms with van der Waals surface area (Å²) in [5.41, 5.74) is 1.24. The number of aliphatic hydroxyl groups excluding tert-OH is 1. The first kappa shape index (κ1) is 16.4. The molecule has 4 nitrogen and oxygen atoms in total. The Balaban J connectivity index is 1.77. The van der Waals surface area contributed by atoms with Crippen LogP contribution >= 0.6 is 11.8 Å². The first-order chi connectivity index (χ1) is 11.6. The molecular formula is C19H26N2O2S. The van der Waals surface area contributed by atoms with Crippen LogP contribution in [-0.4, -0.2) is 59.5 Å². The maximum Gasteiger partial charge on any atom is 0.132 e. The van der Waals surface area contributed by atoms with Crippen molar-refractivity contribution in [2.45, 2.75) is 42.6 Å². The molecule has 2 fully saturated rings. The Morgan fingerprint density at radius 3 is 2.71 bits per heavy atom. The molecule has 5 heteroatoms. The lowest BCUT2D eigenvalue weighted by molar-refractivity contribution is 0.0417. The summed E-state index contributed by atoms with van der Waals surface area (Å²) in [4.78, 5) is 8.96. The third-order valence-electron chi connectivity index (χ3n) is 5.82. The van der Waals surface area contributed by atoms with Crippen LogP contribution in [0.4, 0.5) is 0 Å². The van der Waals surface area contributed by atoms with E-state index in [1.54, 1.807) is 0 Å². The lowest BCUT2D eigenvalue weighted by atomic mass is 9.76. The summed E-state index contributed by atoms with van der Waals surface area (Å²) >= 11 is 1.91. The topological polar surface area (TPSA) is 45.1 Å². The van der Waals surface area contributed by atoms with E-state index in [9.17, 15) is 5.11 Å². The molecule has 24 heavy (non-hydrogen) atoms. The van der Waals surface area contributed by atoms with Gasteiger partial charge in [0.2, 0.25) is 0 Å². The van der Waals surface area contributed by atoms with Gasteiger partial charge in [-0.25, -0.2) is 0 Å². The number of ether oxygens (including phenoxy) is 1. The van der Waals surface area contributed by atoms with Gasteiger partial charge in [0.05, 0.1) is 25.4 Å². The van der Waals surface area contributed by atoms with Crippen molar-refractivity contribution in [1.82, 2.24) is 4.90 Å². The molecule has 0 amide bonds. The van der Waals surface area contributed by atoms with Crippen LogP contribution in [0.25, 0.3) is 0 Å². The van der Waals surface area contributed by atoms with Gasteiger partial charge in [-0.2, -0.15) is 0 Å². The molecule has 2 aliphatic heterocycles. The average Bonchev–Trinajstić information content (AvgIpc) is 2.77. The molecule has 5 unspecified atom stereocenters. The van der Waals surface area contributed by atoms with Crippen molar-refractivity contribution < 1.29 is 9.84 Å². The Kier molecular flexibility index (Phi) is 4.58. The van der Waals surface area contributed by atoms with Gasteiger partial charge in [0.15, 0.2) is 0 Å². The van der Waals surface area contributed by atoms with Gasteiger partial charge in [-0.05, 0) is 24.3 Å². The lowest BCUT2D eigenvalue weighted by Gasteiger charge is -2.40. The number of morpholine rings is 1. The molecule has 0 aromatic heterocycles. The SMILES string of the molecule is CC1C(O)CC2Sc3ccccc3C(N3CCOCC3)=NC2C1C. The third-order valence-corrected chi connectivity index (χ3v) is 7.20. The highest BCUT2D eigenvalue weighted by atomic mass is 32.2. The fourth-order valence-electron chi connectivity index (χ4n) is 4.07. The van der Waals surface area contributed by atoms with E-state index in [1.165, 1.54) is 10.5 Å². The molecule has 4 rings (SSSR count). The largest absolute Gasteiger partial charge is 0.393 e. The molecule has 0 radical (unpaired) electrons. The third kappa shape index (κ3) is 2.87. The van der Waals surface area contributed by atoms with E-state index in [0.717, 1.165) is 38.6 Å². The number of benzene rings is 1. The first-order valence-electron chi connectivity index (χ1n) is 9.00. The Labute approximate surface area is 148 Å². The summed E-state index contributed by atoms with van der Waals surface area (Å²) in [6, 6.07) is 8.87. The van der Waals surface area contributed by atoms with E-state index in [2.05, 4.69) is 43.0 Å². The van der Waals surface area contributed by atoms with Gasteiger partial charge in [-0.1, -0.05) is 32.0 Å². The summed E-state index contributed by atoms with van der Waals surface area (Å²) in [5.74, 6) is 1.81. The van der Waals surface area contributed by atoms with Crippen LogP contribution < -0.4 is 0 Å². The molecule has 2 heterocycles. The number of hydrogen-bond donors (Lipinski definition) is 1. The molecule has 0 spiro atoms. The monoisotopic (exact) mass is 346 g/mol. The lowest BCUT2D eigenvalue weighted by Crippen LogP contribution is -2.46. The predicted octanol–water partition coefficient (Wildman–Crippen LogP) is 2.65. The Hall–Kier alpha value is -1.04. The zero-order valence-electron chi connectivity index (χ0n) is 14.4. The van der Waals surface area contributed by atoms with E-state index in [0.29, 0.717) is 17.1 Å². The number of thioether (sulfide) groups is 1. The van der Waals surface area contributed by atoms with Crippen LogP contribution in [-0.2, 0) is 4.74 Å². The maximum atomic E-state index is 10.5. The van der Waals surface area contributed by atoms with Crippen molar-refractivity contribution in [2.24, 2.45) is 16.8 Å². The van der Waals surface area contributed by atoms with Gasteiger partial charge in [0.25, 0.3) is 0 Å². The molecule has 1 saturated carbocycles. The molecule has 1 N–H and O–H groups in total. The molecule has 0 bridgehead atoms. The van der Waals surface area contributed by atoms with Crippen molar-refractivity contribution in [3.05, 3.63) is 29.8 Å². The first-order valence-corrected chi connectivity index (χ1v) is 9.87.